The van der Waals surface area contributed by atoms with Crippen LogP contribution in [-0.4, -0.2) is 35.3 Å². The molecular weight excluding hydrogens is 267 g/mol. The largest absolute Gasteiger partial charge is 0.302 e. The normalized spacial score (nSPS) is 19.6. The Kier molecular flexibility index (Phi) is 5.09. The zero-order valence-electron chi connectivity index (χ0n) is 13.2. The van der Waals surface area contributed by atoms with Gasteiger partial charge in [0.2, 0.25) is 0 Å². The third kappa shape index (κ3) is 3.67. The van der Waals surface area contributed by atoms with E-state index in [0.29, 0.717) is 11.1 Å². The number of halogens is 1. The van der Waals surface area contributed by atoms with Crippen LogP contribution in [0.3, 0.4) is 0 Å². The summed E-state index contributed by atoms with van der Waals surface area (Å²) in [7, 11) is 0. The average Bonchev–Trinajstić information content (AvgIpc) is 2.91. The number of aromatic nitrogens is 1. The summed E-state index contributed by atoms with van der Waals surface area (Å²) in [5.41, 5.74) is 0.789. The molecule has 0 aliphatic carbocycles. The smallest absolute Gasteiger partial charge is 0.185 e. The molecule has 21 heavy (non-hydrogen) atoms. The summed E-state index contributed by atoms with van der Waals surface area (Å²) >= 11 is 0. The Bertz CT molecular complexity index is 482. The Morgan fingerprint density at radius 3 is 2.67 bits per heavy atom. The number of Topliss-reactive ketones (excluding diaryl/α,β-unsaturated/α-hetero) is 1. The van der Waals surface area contributed by atoms with Gasteiger partial charge in [0, 0.05) is 19.0 Å². The molecule has 0 amide bonds. The summed E-state index contributed by atoms with van der Waals surface area (Å²) in [4.78, 5) is 18.6. The van der Waals surface area contributed by atoms with Crippen molar-refractivity contribution in [3.05, 3.63) is 29.8 Å². The third-order valence-electron chi connectivity index (χ3n) is 4.98. The van der Waals surface area contributed by atoms with Gasteiger partial charge < -0.3 is 4.90 Å². The maximum absolute atomic E-state index is 12.9. The van der Waals surface area contributed by atoms with Crippen molar-refractivity contribution in [2.75, 3.05) is 19.6 Å². The molecule has 116 valence electrons. The lowest BCUT2D eigenvalue weighted by atomic mass is 9.82. The van der Waals surface area contributed by atoms with Gasteiger partial charge in [-0.05, 0) is 43.4 Å². The first kappa shape index (κ1) is 16.1. The van der Waals surface area contributed by atoms with E-state index in [-0.39, 0.29) is 11.7 Å². The highest BCUT2D eigenvalue weighted by Crippen LogP contribution is 2.37. The SMILES string of the molecule is CCC1(CC)CCN(CC(C)C(=O)c2ccc(F)cn2)C1. The molecule has 1 aliphatic rings. The molecule has 1 unspecified atom stereocenters. The Morgan fingerprint density at radius 2 is 2.14 bits per heavy atom. The Hall–Kier alpha value is -1.29. The predicted octanol–water partition coefficient (Wildman–Crippen LogP) is 3.55. The number of nitrogens with zero attached hydrogens (tertiary/aromatic N) is 2. The summed E-state index contributed by atoms with van der Waals surface area (Å²) in [5, 5.41) is 0. The van der Waals surface area contributed by atoms with Gasteiger partial charge in [0.1, 0.15) is 11.5 Å². The van der Waals surface area contributed by atoms with E-state index in [1.54, 1.807) is 0 Å². The Morgan fingerprint density at radius 1 is 1.43 bits per heavy atom. The first-order valence-corrected chi connectivity index (χ1v) is 7.88. The molecule has 0 radical (unpaired) electrons. The van der Waals surface area contributed by atoms with Gasteiger partial charge in [0.25, 0.3) is 0 Å². The van der Waals surface area contributed by atoms with Crippen molar-refractivity contribution in [3.63, 3.8) is 0 Å². The van der Waals surface area contributed by atoms with Crippen molar-refractivity contribution in [3.8, 4) is 0 Å². The number of ketones is 1. The molecule has 0 spiro atoms. The number of pyridine rings is 1. The lowest BCUT2D eigenvalue weighted by Crippen LogP contribution is -2.32. The van der Waals surface area contributed by atoms with E-state index in [0.717, 1.165) is 25.8 Å². The van der Waals surface area contributed by atoms with Crippen LogP contribution in [0.15, 0.2) is 18.3 Å². The third-order valence-corrected chi connectivity index (χ3v) is 4.98. The molecule has 2 heterocycles. The van der Waals surface area contributed by atoms with Gasteiger partial charge in [0.05, 0.1) is 6.20 Å². The van der Waals surface area contributed by atoms with Crippen molar-refractivity contribution in [2.24, 2.45) is 11.3 Å². The molecule has 1 aromatic rings. The van der Waals surface area contributed by atoms with E-state index >= 15 is 0 Å². The van der Waals surface area contributed by atoms with Crippen molar-refractivity contribution in [1.82, 2.24) is 9.88 Å². The quantitative estimate of drug-likeness (QED) is 0.752. The van der Waals surface area contributed by atoms with Crippen LogP contribution in [0, 0.1) is 17.2 Å². The van der Waals surface area contributed by atoms with E-state index in [4.69, 9.17) is 0 Å². The highest BCUT2D eigenvalue weighted by molar-refractivity contribution is 5.95. The van der Waals surface area contributed by atoms with Crippen molar-refractivity contribution in [2.45, 2.75) is 40.0 Å². The zero-order valence-corrected chi connectivity index (χ0v) is 13.2. The van der Waals surface area contributed by atoms with E-state index in [2.05, 4.69) is 23.7 Å². The molecule has 1 aliphatic heterocycles. The average molecular weight is 292 g/mol. The number of hydrogen-bond acceptors (Lipinski definition) is 3. The molecule has 1 atom stereocenters. The van der Waals surface area contributed by atoms with Gasteiger partial charge in [-0.3, -0.25) is 9.78 Å². The van der Waals surface area contributed by atoms with Crippen LogP contribution in [0.1, 0.15) is 50.5 Å². The Balaban J connectivity index is 1.94. The number of hydrogen-bond donors (Lipinski definition) is 0. The van der Waals surface area contributed by atoms with E-state index in [9.17, 15) is 9.18 Å². The maximum atomic E-state index is 12.9. The minimum Gasteiger partial charge on any atom is -0.302 e. The van der Waals surface area contributed by atoms with Gasteiger partial charge in [-0.25, -0.2) is 4.39 Å². The summed E-state index contributed by atoms with van der Waals surface area (Å²) in [6, 6.07) is 2.77. The second-order valence-electron chi connectivity index (χ2n) is 6.32. The van der Waals surface area contributed by atoms with Crippen LogP contribution < -0.4 is 0 Å². The van der Waals surface area contributed by atoms with Gasteiger partial charge in [-0.2, -0.15) is 0 Å². The molecular formula is C17H25FN2O. The van der Waals surface area contributed by atoms with Crippen LogP contribution in [0.4, 0.5) is 4.39 Å². The fraction of sp³-hybridized carbons (Fsp3) is 0.647. The predicted molar refractivity (Wildman–Crippen MR) is 81.8 cm³/mol. The second-order valence-corrected chi connectivity index (χ2v) is 6.32. The van der Waals surface area contributed by atoms with Crippen LogP contribution in [-0.2, 0) is 0 Å². The second kappa shape index (κ2) is 6.65. The first-order valence-electron chi connectivity index (χ1n) is 7.88. The van der Waals surface area contributed by atoms with Crippen molar-refractivity contribution < 1.29 is 9.18 Å². The topological polar surface area (TPSA) is 33.2 Å². The minimum atomic E-state index is -0.408. The van der Waals surface area contributed by atoms with Gasteiger partial charge in [-0.15, -0.1) is 0 Å². The number of likely N-dealkylation sites (tertiary alicyclic amines) is 1. The number of carbonyl (C=O) groups is 1. The highest BCUT2D eigenvalue weighted by atomic mass is 19.1. The van der Waals surface area contributed by atoms with Crippen molar-refractivity contribution >= 4 is 5.78 Å². The number of carbonyl (C=O) groups excluding carboxylic acids is 1. The fourth-order valence-corrected chi connectivity index (χ4v) is 3.25. The van der Waals surface area contributed by atoms with Gasteiger partial charge in [0.15, 0.2) is 5.78 Å². The summed E-state index contributed by atoms with van der Waals surface area (Å²) in [5.74, 6) is -0.512. The zero-order chi connectivity index (χ0) is 15.5. The fourth-order valence-electron chi connectivity index (χ4n) is 3.25. The van der Waals surface area contributed by atoms with Gasteiger partial charge >= 0.3 is 0 Å². The highest BCUT2D eigenvalue weighted by Gasteiger charge is 2.35. The standard InChI is InChI=1S/C17H25FN2O/c1-4-17(5-2)8-9-20(12-17)11-13(3)16(21)15-7-6-14(18)10-19-15/h6-7,10,13H,4-5,8-9,11-12H2,1-3H3. The molecule has 2 rings (SSSR count). The molecule has 3 nitrogen and oxygen atoms in total. The van der Waals surface area contributed by atoms with Gasteiger partial charge in [-0.1, -0.05) is 20.8 Å². The van der Waals surface area contributed by atoms with Crippen LogP contribution in [0.5, 0.6) is 0 Å². The van der Waals surface area contributed by atoms with E-state index in [1.807, 2.05) is 6.92 Å². The number of rotatable bonds is 6. The summed E-state index contributed by atoms with van der Waals surface area (Å²) < 4.78 is 12.9. The van der Waals surface area contributed by atoms with Crippen molar-refractivity contribution in [1.29, 1.82) is 0 Å². The summed E-state index contributed by atoms with van der Waals surface area (Å²) in [6.45, 7) is 9.35. The molecule has 0 N–H and O–H groups in total. The summed E-state index contributed by atoms with van der Waals surface area (Å²) in [6.07, 6.45) is 4.72. The molecule has 1 aromatic heterocycles. The Labute approximate surface area is 126 Å². The molecule has 1 fully saturated rings. The van der Waals surface area contributed by atoms with E-state index < -0.39 is 5.82 Å². The van der Waals surface area contributed by atoms with Crippen LogP contribution >= 0.6 is 0 Å². The molecule has 4 heteroatoms. The first-order chi connectivity index (χ1) is 9.99. The lowest BCUT2D eigenvalue weighted by Gasteiger charge is -2.27. The lowest BCUT2D eigenvalue weighted by molar-refractivity contribution is 0.0891. The maximum Gasteiger partial charge on any atom is 0.185 e. The molecule has 0 saturated carbocycles. The molecule has 0 bridgehead atoms. The van der Waals surface area contributed by atoms with Crippen LogP contribution in [0.2, 0.25) is 0 Å². The molecule has 1 saturated heterocycles. The minimum absolute atomic E-state index is 0.000460. The van der Waals surface area contributed by atoms with Crippen LogP contribution in [0.25, 0.3) is 0 Å². The van der Waals surface area contributed by atoms with E-state index in [1.165, 1.54) is 31.4 Å². The monoisotopic (exact) mass is 292 g/mol. The molecule has 0 aromatic carbocycles.